The molecule has 0 heterocycles. The molecule has 0 aromatic rings. The first-order valence-corrected chi connectivity index (χ1v) is 4.42. The van der Waals surface area contributed by atoms with Crippen molar-refractivity contribution in [3.63, 3.8) is 0 Å². The fraction of sp³-hybridized carbons (Fsp3) is 0.800. The summed E-state index contributed by atoms with van der Waals surface area (Å²) in [6.45, 7) is 6.10. The van der Waals surface area contributed by atoms with Crippen molar-refractivity contribution in [3.05, 3.63) is 0 Å². The Bertz CT molecular complexity index is 299. The van der Waals surface area contributed by atoms with Crippen LogP contribution >= 0.6 is 0 Å². The maximum Gasteiger partial charge on any atom is 0.138 e. The van der Waals surface area contributed by atoms with Gasteiger partial charge in [-0.2, -0.15) is 5.26 Å². The average Bonchev–Trinajstić information content (AvgIpc) is 2.32. The Balaban J connectivity index is 2.47. The van der Waals surface area contributed by atoms with Gasteiger partial charge >= 0.3 is 0 Å². The summed E-state index contributed by atoms with van der Waals surface area (Å²) in [6.07, 6.45) is 0.613. The highest BCUT2D eigenvalue weighted by atomic mass is 16.1. The molecule has 12 heavy (non-hydrogen) atoms. The molecular formula is C10H13NO. The number of fused-ring (bicyclic) bond motifs is 1. The summed E-state index contributed by atoms with van der Waals surface area (Å²) in [5.74, 6) is 0.592. The van der Waals surface area contributed by atoms with Gasteiger partial charge in [-0.05, 0) is 11.3 Å². The minimum Gasteiger partial charge on any atom is -0.299 e. The van der Waals surface area contributed by atoms with Crippen molar-refractivity contribution in [2.45, 2.75) is 27.2 Å². The van der Waals surface area contributed by atoms with Crippen molar-refractivity contribution in [2.75, 3.05) is 0 Å². The highest BCUT2D eigenvalue weighted by molar-refractivity contribution is 5.91. The van der Waals surface area contributed by atoms with Crippen molar-refractivity contribution in [2.24, 2.45) is 22.7 Å². The van der Waals surface area contributed by atoms with E-state index in [1.165, 1.54) is 0 Å². The molecule has 0 spiro atoms. The van der Waals surface area contributed by atoms with E-state index in [9.17, 15) is 4.79 Å². The first kappa shape index (κ1) is 7.79. The molecule has 2 aliphatic carbocycles. The molecule has 0 N–H and O–H groups in total. The molecule has 2 aliphatic rings. The van der Waals surface area contributed by atoms with Gasteiger partial charge in [0.2, 0.25) is 0 Å². The minimum atomic E-state index is -0.315. The van der Waals surface area contributed by atoms with E-state index in [-0.39, 0.29) is 22.7 Å². The second-order valence-electron chi connectivity index (χ2n) is 4.71. The maximum atomic E-state index is 11.5. The fourth-order valence-electron chi connectivity index (χ4n) is 3.27. The molecule has 3 unspecified atom stereocenters. The predicted octanol–water partition coefficient (Wildman–Crippen LogP) is 1.76. The number of ketones is 1. The van der Waals surface area contributed by atoms with Crippen LogP contribution in [-0.4, -0.2) is 5.78 Å². The molecule has 2 nitrogen and oxygen atoms in total. The van der Waals surface area contributed by atoms with Gasteiger partial charge in [0.05, 0.1) is 11.5 Å². The third-order valence-electron chi connectivity index (χ3n) is 3.95. The van der Waals surface area contributed by atoms with Crippen LogP contribution in [-0.2, 0) is 4.79 Å². The van der Waals surface area contributed by atoms with Crippen LogP contribution in [0.4, 0.5) is 0 Å². The summed E-state index contributed by atoms with van der Waals surface area (Å²) < 4.78 is 0. The fourth-order valence-corrected chi connectivity index (χ4v) is 3.27. The Labute approximate surface area is 72.6 Å². The maximum absolute atomic E-state index is 11.5. The monoisotopic (exact) mass is 163 g/mol. The number of carbonyl (C=O) groups is 1. The molecular weight excluding hydrogens is 150 g/mol. The van der Waals surface area contributed by atoms with Crippen molar-refractivity contribution in [3.8, 4) is 6.07 Å². The van der Waals surface area contributed by atoms with E-state index in [4.69, 9.17) is 5.26 Å². The number of hydrogen-bond acceptors (Lipinski definition) is 2. The van der Waals surface area contributed by atoms with E-state index < -0.39 is 0 Å². The van der Waals surface area contributed by atoms with Crippen LogP contribution in [0.15, 0.2) is 0 Å². The molecule has 0 bridgehead atoms. The summed E-state index contributed by atoms with van der Waals surface area (Å²) in [4.78, 5) is 11.5. The molecule has 0 radical (unpaired) electrons. The Hall–Kier alpha value is -0.840. The van der Waals surface area contributed by atoms with Crippen LogP contribution in [0.3, 0.4) is 0 Å². The lowest BCUT2D eigenvalue weighted by Crippen LogP contribution is -2.16. The number of Topliss-reactive ketones (excluding diaryl/α,β-unsaturated/α-hetero) is 1. The number of carbonyl (C=O) groups excluding carboxylic acids is 1. The molecule has 2 heteroatoms. The first-order valence-electron chi connectivity index (χ1n) is 4.42. The minimum absolute atomic E-state index is 0.0324. The average molecular weight is 163 g/mol. The van der Waals surface area contributed by atoms with Crippen LogP contribution in [0.2, 0.25) is 0 Å². The van der Waals surface area contributed by atoms with Gasteiger partial charge in [-0.25, -0.2) is 0 Å². The standard InChI is InChI=1S/C10H13NO/c1-6-4-7(12)8-9(2,3)10(6,8)5-11/h6,8H,4H2,1-3H3. The molecule has 0 aromatic carbocycles. The topological polar surface area (TPSA) is 40.9 Å². The van der Waals surface area contributed by atoms with Gasteiger partial charge in [0.25, 0.3) is 0 Å². The molecule has 3 atom stereocenters. The predicted molar refractivity (Wildman–Crippen MR) is 44.1 cm³/mol. The van der Waals surface area contributed by atoms with Gasteiger partial charge in [0.1, 0.15) is 5.78 Å². The van der Waals surface area contributed by atoms with Gasteiger partial charge in [0, 0.05) is 12.3 Å². The first-order chi connectivity index (χ1) is 5.48. The van der Waals surface area contributed by atoms with Crippen LogP contribution < -0.4 is 0 Å². The summed E-state index contributed by atoms with van der Waals surface area (Å²) >= 11 is 0. The molecule has 0 aliphatic heterocycles. The lowest BCUT2D eigenvalue weighted by atomic mass is 9.84. The normalized spacial score (nSPS) is 48.3. The molecule has 0 aromatic heterocycles. The van der Waals surface area contributed by atoms with Crippen molar-refractivity contribution >= 4 is 5.78 Å². The quantitative estimate of drug-likeness (QED) is 0.546. The van der Waals surface area contributed by atoms with Crippen molar-refractivity contribution in [1.82, 2.24) is 0 Å². The second kappa shape index (κ2) is 1.74. The van der Waals surface area contributed by atoms with E-state index in [2.05, 4.69) is 6.07 Å². The van der Waals surface area contributed by atoms with Crippen LogP contribution in [0.5, 0.6) is 0 Å². The van der Waals surface area contributed by atoms with Crippen LogP contribution in [0, 0.1) is 34.0 Å². The lowest BCUT2D eigenvalue weighted by molar-refractivity contribution is -0.120. The summed E-state index contributed by atoms with van der Waals surface area (Å²) in [5.41, 5.74) is -0.374. The number of nitrogens with zero attached hydrogens (tertiary/aromatic N) is 1. The van der Waals surface area contributed by atoms with Gasteiger partial charge in [-0.15, -0.1) is 0 Å². The number of hydrogen-bond donors (Lipinski definition) is 0. The molecule has 2 rings (SSSR count). The van der Waals surface area contributed by atoms with E-state index in [0.29, 0.717) is 12.2 Å². The summed E-state index contributed by atoms with van der Waals surface area (Å²) in [7, 11) is 0. The summed E-state index contributed by atoms with van der Waals surface area (Å²) in [5, 5.41) is 9.09. The Kier molecular flexibility index (Phi) is 1.13. The molecule has 2 fully saturated rings. The van der Waals surface area contributed by atoms with Crippen LogP contribution in [0.25, 0.3) is 0 Å². The Morgan fingerprint density at radius 1 is 1.58 bits per heavy atom. The second-order valence-corrected chi connectivity index (χ2v) is 4.71. The van der Waals surface area contributed by atoms with E-state index in [0.717, 1.165) is 0 Å². The Morgan fingerprint density at radius 3 is 2.42 bits per heavy atom. The van der Waals surface area contributed by atoms with E-state index >= 15 is 0 Å². The molecule has 2 saturated carbocycles. The number of nitriles is 1. The van der Waals surface area contributed by atoms with Gasteiger partial charge in [-0.1, -0.05) is 20.8 Å². The SMILES string of the molecule is CC1CC(=O)C2C(C)(C)C12C#N. The smallest absolute Gasteiger partial charge is 0.138 e. The highest BCUT2D eigenvalue weighted by Gasteiger charge is 2.80. The van der Waals surface area contributed by atoms with Gasteiger partial charge < -0.3 is 0 Å². The van der Waals surface area contributed by atoms with Crippen LogP contribution in [0.1, 0.15) is 27.2 Å². The van der Waals surface area contributed by atoms with Crippen molar-refractivity contribution < 1.29 is 4.79 Å². The zero-order chi connectivity index (χ0) is 9.15. The molecule has 0 amide bonds. The zero-order valence-corrected chi connectivity index (χ0v) is 7.72. The highest BCUT2D eigenvalue weighted by Crippen LogP contribution is 2.76. The zero-order valence-electron chi connectivity index (χ0n) is 7.72. The Morgan fingerprint density at radius 2 is 2.17 bits per heavy atom. The van der Waals surface area contributed by atoms with E-state index in [1.54, 1.807) is 0 Å². The molecule has 64 valence electrons. The molecule has 0 saturated heterocycles. The van der Waals surface area contributed by atoms with E-state index in [1.807, 2.05) is 20.8 Å². The number of rotatable bonds is 0. The van der Waals surface area contributed by atoms with Gasteiger partial charge in [-0.3, -0.25) is 4.79 Å². The van der Waals surface area contributed by atoms with Crippen molar-refractivity contribution in [1.29, 1.82) is 5.26 Å². The third kappa shape index (κ3) is 0.493. The lowest BCUT2D eigenvalue weighted by Gasteiger charge is -2.17. The summed E-state index contributed by atoms with van der Waals surface area (Å²) in [6, 6.07) is 2.36. The van der Waals surface area contributed by atoms with Gasteiger partial charge in [0.15, 0.2) is 0 Å². The third-order valence-corrected chi connectivity index (χ3v) is 3.95. The largest absolute Gasteiger partial charge is 0.299 e.